The first kappa shape index (κ1) is 22.7. The standard InChI is InChI=1S/C18H15F3N6O4S/c19-18(20,21)10-1-2-11(14(6-10)27(30)31)23-4-3-15(28)26-17-25-13(8-32-17)9-5-12(16(22)29)24-7-9/h1-2,5-8,23-24H,3-4H2,(H2,22,29)(H,25,26,28). The number of nitrogens with two attached hydrogens (primary N) is 1. The van der Waals surface area contributed by atoms with Crippen LogP contribution in [0.4, 0.5) is 29.7 Å². The molecule has 2 heterocycles. The maximum atomic E-state index is 12.8. The quantitative estimate of drug-likeness (QED) is 0.292. The van der Waals surface area contributed by atoms with Crippen molar-refractivity contribution < 1.29 is 27.7 Å². The molecule has 14 heteroatoms. The largest absolute Gasteiger partial charge is 0.416 e. The highest BCUT2D eigenvalue weighted by molar-refractivity contribution is 7.14. The summed E-state index contributed by atoms with van der Waals surface area (Å²) in [5.41, 5.74) is 4.48. The summed E-state index contributed by atoms with van der Waals surface area (Å²) >= 11 is 1.14. The zero-order chi connectivity index (χ0) is 23.5. The maximum absolute atomic E-state index is 12.8. The minimum atomic E-state index is -4.71. The molecule has 2 amide bonds. The van der Waals surface area contributed by atoms with Gasteiger partial charge in [0.05, 0.1) is 16.2 Å². The molecule has 5 N–H and O–H groups in total. The number of amides is 2. The molecule has 0 atom stereocenters. The molecule has 0 aliphatic heterocycles. The Bertz CT molecular complexity index is 1170. The van der Waals surface area contributed by atoms with Crippen LogP contribution in [-0.4, -0.2) is 33.3 Å². The second-order valence-corrected chi connectivity index (χ2v) is 7.27. The van der Waals surface area contributed by atoms with Crippen LogP contribution in [0.1, 0.15) is 22.5 Å². The molecular weight excluding hydrogens is 453 g/mol. The molecule has 0 bridgehead atoms. The molecule has 1 aromatic carbocycles. The lowest BCUT2D eigenvalue weighted by Gasteiger charge is -2.10. The first-order valence-electron chi connectivity index (χ1n) is 8.88. The molecule has 2 aromatic heterocycles. The number of halogens is 3. The second kappa shape index (κ2) is 9.05. The number of H-pyrrole nitrogens is 1. The summed E-state index contributed by atoms with van der Waals surface area (Å²) in [6, 6.07) is 3.62. The van der Waals surface area contributed by atoms with Crippen molar-refractivity contribution in [3.63, 3.8) is 0 Å². The number of alkyl halides is 3. The number of hydrogen-bond donors (Lipinski definition) is 4. The SMILES string of the molecule is NC(=O)c1cc(-c2csc(NC(=O)CCNc3ccc(C(F)(F)F)cc3[N+](=O)[O-])n2)c[nH]1. The van der Waals surface area contributed by atoms with E-state index in [0.29, 0.717) is 17.3 Å². The Morgan fingerprint density at radius 1 is 1.28 bits per heavy atom. The molecular formula is C18H15F3N6O4S. The monoisotopic (exact) mass is 468 g/mol. The van der Waals surface area contributed by atoms with E-state index in [0.717, 1.165) is 23.5 Å². The number of thiazole rings is 1. The molecule has 3 rings (SSSR count). The van der Waals surface area contributed by atoms with Gasteiger partial charge in [0, 0.05) is 36.2 Å². The van der Waals surface area contributed by atoms with E-state index in [4.69, 9.17) is 5.73 Å². The fraction of sp³-hybridized carbons (Fsp3) is 0.167. The molecule has 32 heavy (non-hydrogen) atoms. The van der Waals surface area contributed by atoms with E-state index in [1.807, 2.05) is 0 Å². The third kappa shape index (κ3) is 5.40. The van der Waals surface area contributed by atoms with Gasteiger partial charge in [-0.15, -0.1) is 11.3 Å². The Morgan fingerprint density at radius 2 is 2.03 bits per heavy atom. The Hall–Kier alpha value is -3.94. The van der Waals surface area contributed by atoms with Gasteiger partial charge in [-0.2, -0.15) is 13.2 Å². The lowest BCUT2D eigenvalue weighted by atomic mass is 10.1. The molecule has 3 aromatic rings. The summed E-state index contributed by atoms with van der Waals surface area (Å²) in [5.74, 6) is -1.08. The van der Waals surface area contributed by atoms with Crippen molar-refractivity contribution in [2.45, 2.75) is 12.6 Å². The van der Waals surface area contributed by atoms with Crippen molar-refractivity contribution in [1.82, 2.24) is 9.97 Å². The van der Waals surface area contributed by atoms with Gasteiger partial charge in [0.1, 0.15) is 11.4 Å². The number of nitrogens with one attached hydrogen (secondary N) is 3. The number of carbonyl (C=O) groups excluding carboxylic acids is 2. The third-order valence-corrected chi connectivity index (χ3v) is 4.94. The van der Waals surface area contributed by atoms with Crippen LogP contribution in [0.3, 0.4) is 0 Å². The van der Waals surface area contributed by atoms with Crippen LogP contribution in [0, 0.1) is 10.1 Å². The highest BCUT2D eigenvalue weighted by Crippen LogP contribution is 2.35. The summed E-state index contributed by atoms with van der Waals surface area (Å²) in [6.45, 7) is -0.0595. The maximum Gasteiger partial charge on any atom is 0.416 e. The number of aromatic nitrogens is 2. The zero-order valence-corrected chi connectivity index (χ0v) is 16.8. The summed E-state index contributed by atoms with van der Waals surface area (Å²) in [7, 11) is 0. The van der Waals surface area contributed by atoms with E-state index in [1.165, 1.54) is 6.07 Å². The number of benzene rings is 1. The molecule has 0 saturated carbocycles. The molecule has 0 radical (unpaired) electrons. The Morgan fingerprint density at radius 3 is 2.66 bits per heavy atom. The molecule has 0 spiro atoms. The first-order chi connectivity index (χ1) is 15.0. The number of aromatic amines is 1. The van der Waals surface area contributed by atoms with Crippen molar-refractivity contribution in [2.75, 3.05) is 17.2 Å². The smallest absolute Gasteiger partial charge is 0.379 e. The topological polar surface area (TPSA) is 156 Å². The van der Waals surface area contributed by atoms with Crippen LogP contribution in [-0.2, 0) is 11.0 Å². The zero-order valence-electron chi connectivity index (χ0n) is 16.0. The fourth-order valence-corrected chi connectivity index (χ4v) is 3.39. The number of anilines is 2. The average Bonchev–Trinajstić information content (AvgIpc) is 3.36. The van der Waals surface area contributed by atoms with Gasteiger partial charge in [-0.1, -0.05) is 0 Å². The highest BCUT2D eigenvalue weighted by Gasteiger charge is 2.33. The molecule has 0 saturated heterocycles. The van der Waals surface area contributed by atoms with Crippen molar-refractivity contribution in [3.05, 3.63) is 57.2 Å². The van der Waals surface area contributed by atoms with Gasteiger partial charge in [-0.25, -0.2) is 4.98 Å². The lowest BCUT2D eigenvalue weighted by Crippen LogP contribution is -2.16. The van der Waals surface area contributed by atoms with Crippen molar-refractivity contribution in [1.29, 1.82) is 0 Å². The van der Waals surface area contributed by atoms with Crippen LogP contribution in [0.5, 0.6) is 0 Å². The van der Waals surface area contributed by atoms with Crippen LogP contribution in [0.25, 0.3) is 11.3 Å². The number of hydrogen-bond acceptors (Lipinski definition) is 7. The van der Waals surface area contributed by atoms with Crippen LogP contribution < -0.4 is 16.4 Å². The van der Waals surface area contributed by atoms with Crippen LogP contribution >= 0.6 is 11.3 Å². The van der Waals surface area contributed by atoms with E-state index < -0.39 is 34.2 Å². The normalized spacial score (nSPS) is 11.2. The Balaban J connectivity index is 1.57. The molecule has 0 aliphatic rings. The molecule has 0 fully saturated rings. The molecule has 0 aliphatic carbocycles. The van der Waals surface area contributed by atoms with Crippen LogP contribution in [0.15, 0.2) is 35.8 Å². The van der Waals surface area contributed by atoms with E-state index in [9.17, 15) is 32.9 Å². The van der Waals surface area contributed by atoms with Gasteiger partial charge >= 0.3 is 6.18 Å². The van der Waals surface area contributed by atoms with Crippen molar-refractivity contribution in [3.8, 4) is 11.3 Å². The van der Waals surface area contributed by atoms with Gasteiger partial charge in [0.25, 0.3) is 11.6 Å². The lowest BCUT2D eigenvalue weighted by molar-refractivity contribution is -0.384. The number of primary amides is 1. The van der Waals surface area contributed by atoms with Gasteiger partial charge in [0.15, 0.2) is 5.13 Å². The number of rotatable bonds is 8. The van der Waals surface area contributed by atoms with Crippen LogP contribution in [0.2, 0.25) is 0 Å². The van der Waals surface area contributed by atoms with Gasteiger partial charge in [-0.3, -0.25) is 19.7 Å². The number of nitrogens with zero attached hydrogens (tertiary/aromatic N) is 2. The van der Waals surface area contributed by atoms with Gasteiger partial charge in [-0.05, 0) is 18.2 Å². The third-order valence-electron chi connectivity index (χ3n) is 4.18. The number of nitro benzene ring substituents is 1. The van der Waals surface area contributed by atoms with Gasteiger partial charge < -0.3 is 21.4 Å². The Labute approximate surface area is 181 Å². The summed E-state index contributed by atoms with van der Waals surface area (Å²) < 4.78 is 38.3. The van der Waals surface area contributed by atoms with E-state index in [1.54, 1.807) is 11.6 Å². The Kier molecular flexibility index (Phi) is 6.43. The molecule has 0 unspecified atom stereocenters. The number of nitro groups is 1. The summed E-state index contributed by atoms with van der Waals surface area (Å²) in [4.78, 5) is 40.3. The first-order valence-corrected chi connectivity index (χ1v) is 9.76. The summed E-state index contributed by atoms with van der Waals surface area (Å²) in [6.07, 6.45) is -3.29. The number of carbonyl (C=O) groups is 2. The minimum Gasteiger partial charge on any atom is -0.379 e. The van der Waals surface area contributed by atoms with Crippen molar-refractivity contribution in [2.24, 2.45) is 5.73 Å². The molecule has 10 nitrogen and oxygen atoms in total. The summed E-state index contributed by atoms with van der Waals surface area (Å²) in [5, 5.41) is 18.2. The predicted molar refractivity (Wildman–Crippen MR) is 110 cm³/mol. The van der Waals surface area contributed by atoms with E-state index >= 15 is 0 Å². The van der Waals surface area contributed by atoms with Crippen molar-refractivity contribution >= 4 is 39.7 Å². The average molecular weight is 468 g/mol. The molecule has 168 valence electrons. The van der Waals surface area contributed by atoms with E-state index in [-0.39, 0.29) is 29.5 Å². The minimum absolute atomic E-state index is 0.0595. The van der Waals surface area contributed by atoms with Gasteiger partial charge in [0.2, 0.25) is 5.91 Å². The van der Waals surface area contributed by atoms with E-state index in [2.05, 4.69) is 20.6 Å². The fourth-order valence-electron chi connectivity index (χ4n) is 2.65. The highest BCUT2D eigenvalue weighted by atomic mass is 32.1. The predicted octanol–water partition coefficient (Wildman–Crippen LogP) is 3.60. The second-order valence-electron chi connectivity index (χ2n) is 6.42.